The van der Waals surface area contributed by atoms with E-state index in [9.17, 15) is 44.4 Å². The molecule has 0 saturated carbocycles. The first-order valence-electron chi connectivity index (χ1n) is 30.5. The van der Waals surface area contributed by atoms with Gasteiger partial charge in [0, 0.05) is 129 Å². The Kier molecular flexibility index (Phi) is 19.3. The van der Waals surface area contributed by atoms with Gasteiger partial charge in [-0.1, -0.05) is 61.4 Å². The van der Waals surface area contributed by atoms with Crippen LogP contribution in [0.3, 0.4) is 0 Å². The van der Waals surface area contributed by atoms with Crippen molar-refractivity contribution < 1.29 is 44.4 Å². The smallest absolute Gasteiger partial charge is 0.380 e. The van der Waals surface area contributed by atoms with Crippen LogP contribution in [-0.4, -0.2) is 158 Å². The van der Waals surface area contributed by atoms with E-state index in [-0.39, 0.29) is 29.3 Å². The molecule has 0 bridgehead atoms. The van der Waals surface area contributed by atoms with Crippen molar-refractivity contribution >= 4 is 89.4 Å². The average molecular weight is 1290 g/mol. The number of carbonyl (C=O) groups is 3. The number of sulfonamides is 1. The first-order chi connectivity index (χ1) is 42.0. The Morgan fingerprint density at radius 1 is 0.773 bits per heavy atom. The molecule has 4 amide bonds. The number of halogens is 4. The van der Waals surface area contributed by atoms with Crippen LogP contribution >= 0.6 is 23.4 Å². The Hall–Kier alpha value is -6.14. The molecule has 5 heterocycles. The van der Waals surface area contributed by atoms with E-state index in [4.69, 9.17) is 11.6 Å². The summed E-state index contributed by atoms with van der Waals surface area (Å²) in [6.07, 6.45) is 7.26. The van der Waals surface area contributed by atoms with Crippen molar-refractivity contribution in [3.63, 3.8) is 0 Å². The number of thioether (sulfide) groups is 1. The van der Waals surface area contributed by atoms with E-state index in [0.29, 0.717) is 48.7 Å². The second-order valence-electron chi connectivity index (χ2n) is 25.0. The number of nitrogens with one attached hydrogen (secondary N) is 3. The zero-order valence-corrected chi connectivity index (χ0v) is 52.9. The minimum Gasteiger partial charge on any atom is -0.380 e. The molecular formula is C65H77ClF3N9O7S3. The third-order valence-electron chi connectivity index (χ3n) is 18.4. The van der Waals surface area contributed by atoms with Crippen LogP contribution in [0.5, 0.6) is 0 Å². The predicted molar refractivity (Wildman–Crippen MR) is 342 cm³/mol. The van der Waals surface area contributed by atoms with Gasteiger partial charge in [0.25, 0.3) is 25.8 Å². The van der Waals surface area contributed by atoms with E-state index < -0.39 is 58.8 Å². The number of likely N-dealkylation sites (tertiary alicyclic amines) is 1. The van der Waals surface area contributed by atoms with Gasteiger partial charge >= 0.3 is 11.5 Å². The normalized spacial score (nSPS) is 20.5. The summed E-state index contributed by atoms with van der Waals surface area (Å²) in [5.74, 6) is -0.423. The Balaban J connectivity index is 0.707. The topological polar surface area (TPSA) is 175 Å². The van der Waals surface area contributed by atoms with Gasteiger partial charge in [0.05, 0.1) is 10.6 Å². The summed E-state index contributed by atoms with van der Waals surface area (Å²) in [7, 11) is -11.0. The number of rotatable bonds is 19. The summed E-state index contributed by atoms with van der Waals surface area (Å²) >= 11 is 7.72. The zero-order valence-electron chi connectivity index (χ0n) is 49.7. The number of benzene rings is 5. The summed E-state index contributed by atoms with van der Waals surface area (Å²) < 4.78 is 101. The number of urea groups is 1. The van der Waals surface area contributed by atoms with Crippen molar-refractivity contribution in [3.05, 3.63) is 143 Å². The van der Waals surface area contributed by atoms with E-state index in [1.54, 1.807) is 17.0 Å². The van der Waals surface area contributed by atoms with Gasteiger partial charge in [-0.2, -0.15) is 13.2 Å². The highest BCUT2D eigenvalue weighted by Gasteiger charge is 2.49. The molecule has 470 valence electrons. The van der Waals surface area contributed by atoms with Crippen molar-refractivity contribution in [1.82, 2.24) is 24.7 Å². The number of amides is 4. The lowest BCUT2D eigenvalue weighted by atomic mass is 9.72. The molecule has 5 aromatic rings. The molecule has 0 aromatic heterocycles. The van der Waals surface area contributed by atoms with Gasteiger partial charge < -0.3 is 20.0 Å². The molecule has 1 unspecified atom stereocenters. The highest BCUT2D eigenvalue weighted by atomic mass is 35.5. The molecule has 2 atom stereocenters. The maximum Gasteiger partial charge on any atom is 0.501 e. The molecule has 0 spiro atoms. The number of piperidine rings is 1. The second kappa shape index (κ2) is 26.7. The van der Waals surface area contributed by atoms with E-state index in [0.717, 1.165) is 150 Å². The number of hydrogen-bond donors (Lipinski definition) is 3. The fourth-order valence-electron chi connectivity index (χ4n) is 13.4. The first-order valence-corrected chi connectivity index (χ1v) is 34.8. The van der Waals surface area contributed by atoms with Gasteiger partial charge in [-0.25, -0.2) is 26.4 Å². The zero-order chi connectivity index (χ0) is 62.0. The van der Waals surface area contributed by atoms with Gasteiger partial charge in [-0.15, -0.1) is 11.8 Å². The van der Waals surface area contributed by atoms with Crippen LogP contribution in [0.15, 0.2) is 136 Å². The number of carbonyl (C=O) groups excluding carboxylic acids is 3. The number of aryl methyl sites for hydroxylation is 1. The van der Waals surface area contributed by atoms with Crippen molar-refractivity contribution in [3.8, 4) is 0 Å². The number of piperazine rings is 2. The number of nitrogens with zero attached hydrogens (tertiary/aromatic N) is 6. The molecule has 88 heavy (non-hydrogen) atoms. The molecule has 5 aliphatic heterocycles. The number of anilines is 4. The Morgan fingerprint density at radius 2 is 1.49 bits per heavy atom. The molecule has 0 radical (unpaired) electrons. The van der Waals surface area contributed by atoms with E-state index in [1.807, 2.05) is 77.5 Å². The molecular weight excluding hydrogens is 1210 g/mol. The van der Waals surface area contributed by atoms with Gasteiger partial charge in [-0.05, 0) is 177 Å². The van der Waals surface area contributed by atoms with Crippen LogP contribution in [0.2, 0.25) is 5.02 Å². The van der Waals surface area contributed by atoms with Crippen molar-refractivity contribution in [2.75, 3.05) is 111 Å². The minimum absolute atomic E-state index is 0.0496. The van der Waals surface area contributed by atoms with Gasteiger partial charge in [0.1, 0.15) is 4.90 Å². The number of sulfone groups is 1. The summed E-state index contributed by atoms with van der Waals surface area (Å²) in [6, 6.07) is 32.3. The number of fused-ring (bicyclic) bond motifs is 3. The lowest BCUT2D eigenvalue weighted by molar-refractivity contribution is -0.120. The fraction of sp³-hybridized carbons (Fsp3) is 0.462. The summed E-state index contributed by atoms with van der Waals surface area (Å²) in [4.78, 5) is 50.3. The van der Waals surface area contributed by atoms with E-state index in [1.165, 1.54) is 28.5 Å². The highest BCUT2D eigenvalue weighted by molar-refractivity contribution is 7.99. The van der Waals surface area contributed by atoms with Crippen LogP contribution in [0, 0.1) is 11.3 Å². The monoisotopic (exact) mass is 1280 g/mol. The molecule has 6 aliphatic rings. The minimum atomic E-state index is -6.11. The molecule has 23 heteroatoms. The van der Waals surface area contributed by atoms with Crippen molar-refractivity contribution in [2.45, 2.75) is 104 Å². The maximum absolute atomic E-state index is 14.6. The SMILES string of the molecule is CC1(C)CCC(c2ccc(Cl)cc2)=C(CN2CCN3c4ccc(C(=O)NS(=O)(=O)c5ccc(N[C@H](CCN6CCC(CN7CCN(c8ccc(N9CCC(=O)NC9=O)cc8)CC7)CC6)CSc6ccccc6)c(S(=O)(=O)C(F)(F)F)c5)cc4CCC3C2)C1. The lowest BCUT2D eigenvalue weighted by Gasteiger charge is -2.47. The van der Waals surface area contributed by atoms with Crippen LogP contribution in [0.25, 0.3) is 5.57 Å². The van der Waals surface area contributed by atoms with Gasteiger partial charge in [-0.3, -0.25) is 29.6 Å². The summed E-state index contributed by atoms with van der Waals surface area (Å²) in [5, 5.41) is 6.18. The Morgan fingerprint density at radius 3 is 2.20 bits per heavy atom. The maximum atomic E-state index is 14.6. The molecule has 5 aromatic carbocycles. The third-order valence-corrected chi connectivity index (χ3v) is 22.6. The molecule has 16 nitrogen and oxygen atoms in total. The number of imide groups is 1. The third kappa shape index (κ3) is 15.0. The first kappa shape index (κ1) is 63.4. The van der Waals surface area contributed by atoms with Crippen molar-refractivity contribution in [1.29, 1.82) is 0 Å². The van der Waals surface area contributed by atoms with E-state index in [2.05, 4.69) is 61.1 Å². The largest absolute Gasteiger partial charge is 0.501 e. The average Bonchev–Trinajstić information content (AvgIpc) is 1.10. The molecule has 11 rings (SSSR count). The number of hydrogen-bond acceptors (Lipinski definition) is 14. The van der Waals surface area contributed by atoms with Gasteiger partial charge in [0.15, 0.2) is 0 Å². The highest BCUT2D eigenvalue weighted by Crippen LogP contribution is 2.44. The van der Waals surface area contributed by atoms with Crippen LogP contribution in [0.4, 0.5) is 40.7 Å². The molecule has 1 aliphatic carbocycles. The fourth-order valence-corrected chi connectivity index (χ4v) is 16.6. The lowest BCUT2D eigenvalue weighted by Crippen LogP contribution is -2.55. The molecule has 4 saturated heterocycles. The number of allylic oxidation sites excluding steroid dienone is 1. The quantitative estimate of drug-likeness (QED) is 0.0666. The van der Waals surface area contributed by atoms with Crippen LogP contribution in [0.1, 0.15) is 86.7 Å². The van der Waals surface area contributed by atoms with Crippen LogP contribution < -0.4 is 30.1 Å². The second-order valence-corrected chi connectivity index (χ2v) is 30.2. The standard InChI is InChI=1S/C65H77ClF3N9O7S3/c1-64(2)27-22-57(46-8-12-50(66)13-9-46)49(40-64)42-75-34-37-77-54(43-75)14-10-47-38-48(11-21-59(47)77)62(80)72-88(84,85)56-19-20-58(60(39-56)87(82,83)65(67,68)69)70-51(44-86-55-6-4-3-5-7-55)25-30-73-28-23-45(24-29-73)41-74-32-35-76(36-33-74)52-15-17-53(18-16-52)78-31-26-61(79)71-63(78)81/h3-9,11-13,15-21,38-39,45,51,54,70H,10,14,22-37,40-44H2,1-2H3,(H,72,80)(H,71,79,81)/t51-,54?/m1/s1. The summed E-state index contributed by atoms with van der Waals surface area (Å²) in [6.45, 7) is 15.1. The Bertz CT molecular complexity index is 3620. The predicted octanol–water partition coefficient (Wildman–Crippen LogP) is 10.8. The van der Waals surface area contributed by atoms with Gasteiger partial charge in [0.2, 0.25) is 5.91 Å². The van der Waals surface area contributed by atoms with Crippen LogP contribution in [-0.2, 0) is 31.1 Å². The molecule has 4 fully saturated rings. The Labute approximate surface area is 524 Å². The summed E-state index contributed by atoms with van der Waals surface area (Å²) in [5.41, 5.74) is 1.85. The van der Waals surface area contributed by atoms with Crippen molar-refractivity contribution in [2.24, 2.45) is 11.3 Å². The van der Waals surface area contributed by atoms with E-state index >= 15 is 0 Å². The molecule has 3 N–H and O–H groups in total. The number of alkyl halides is 3.